The van der Waals surface area contributed by atoms with Gasteiger partial charge in [0.1, 0.15) is 5.75 Å². The van der Waals surface area contributed by atoms with Crippen molar-refractivity contribution in [2.75, 3.05) is 11.9 Å². The molecule has 0 aliphatic rings. The van der Waals surface area contributed by atoms with Gasteiger partial charge in [-0.25, -0.2) is 4.79 Å². The van der Waals surface area contributed by atoms with Crippen LogP contribution in [0, 0.1) is 7.43 Å². The molecule has 1 amide bonds. The minimum atomic E-state index is -1.07. The minimum absolute atomic E-state index is 0. The predicted molar refractivity (Wildman–Crippen MR) is 91.7 cm³/mol. The number of rotatable bonds is 5. The monoisotopic (exact) mass is 405 g/mol. The first-order chi connectivity index (χ1) is 10.7. The number of carbonyl (C=O) groups excluding carboxylic acids is 1. The number of amides is 1. The van der Waals surface area contributed by atoms with Crippen molar-refractivity contribution in [3.8, 4) is 5.75 Å². The number of anilines is 1. The third kappa shape index (κ3) is 8.22. The van der Waals surface area contributed by atoms with Crippen LogP contribution >= 0.6 is 0 Å². The van der Waals surface area contributed by atoms with Crippen LogP contribution < -0.4 is 10.1 Å². The summed E-state index contributed by atoms with van der Waals surface area (Å²) in [6.07, 6.45) is 0. The molecule has 24 heavy (non-hydrogen) atoms. The van der Waals surface area contributed by atoms with Gasteiger partial charge < -0.3 is 22.6 Å². The van der Waals surface area contributed by atoms with Crippen LogP contribution in [-0.4, -0.2) is 23.6 Å². The third-order valence-corrected chi connectivity index (χ3v) is 2.52. The van der Waals surface area contributed by atoms with Gasteiger partial charge in [-0.05, 0) is 24.3 Å². The van der Waals surface area contributed by atoms with Gasteiger partial charge in [0, 0.05) is 38.3 Å². The van der Waals surface area contributed by atoms with Crippen LogP contribution in [0.15, 0.2) is 54.6 Å². The maximum atomic E-state index is 12.0. The Labute approximate surface area is 168 Å². The number of carboxylic acid groups (broad SMARTS) is 1. The maximum absolute atomic E-state index is 12.0. The molecule has 5 nitrogen and oxygen atoms in total. The summed E-state index contributed by atoms with van der Waals surface area (Å²) < 4.78 is 5.12. The molecule has 127 valence electrons. The van der Waals surface area contributed by atoms with Gasteiger partial charge in [0.15, 0.2) is 6.61 Å². The molecule has 0 bridgehead atoms. The number of benzene rings is 2. The minimum Gasteiger partial charge on any atom is -0.480 e. The molecule has 6 heteroatoms. The molecular weight excluding hydrogens is 383 g/mol. The predicted octanol–water partition coefficient (Wildman–Crippen LogP) is 3.88. The van der Waals surface area contributed by atoms with E-state index in [1.807, 2.05) is 19.9 Å². The number of carbonyl (C=O) groups is 2. The zero-order valence-electron chi connectivity index (χ0n) is 14.2. The molecule has 2 N–H and O–H groups in total. The number of hydrogen-bond donors (Lipinski definition) is 2. The summed E-state index contributed by atoms with van der Waals surface area (Å²) in [6.45, 7) is 3.54. The first-order valence-electron chi connectivity index (χ1n) is 6.97. The average Bonchev–Trinajstić information content (AvgIpc) is 2.56. The summed E-state index contributed by atoms with van der Waals surface area (Å²) in [5.41, 5.74) is 0.947. The van der Waals surface area contributed by atoms with E-state index in [9.17, 15) is 9.59 Å². The van der Waals surface area contributed by atoms with E-state index in [1.54, 1.807) is 48.5 Å². The molecule has 0 aromatic heterocycles. The Bertz CT molecular complexity index is 617. The summed E-state index contributed by atoms with van der Waals surface area (Å²) in [4.78, 5) is 22.5. The second-order valence-corrected chi connectivity index (χ2v) is 4.00. The van der Waals surface area contributed by atoms with Gasteiger partial charge in [-0.15, -0.1) is 0 Å². The SMILES string of the molecule is CC.O=C(O)COc1ccccc1NC(=O)c1ccccc1.[CH3-].[Y]. The molecule has 0 spiro atoms. The van der Waals surface area contributed by atoms with Crippen molar-refractivity contribution < 1.29 is 52.1 Å². The second-order valence-electron chi connectivity index (χ2n) is 4.00. The van der Waals surface area contributed by atoms with Crippen LogP contribution in [0.4, 0.5) is 5.69 Å². The molecule has 0 atom stereocenters. The second kappa shape index (κ2) is 13.7. The fourth-order valence-electron chi connectivity index (χ4n) is 1.62. The van der Waals surface area contributed by atoms with Crippen molar-refractivity contribution in [2.24, 2.45) is 0 Å². The number of para-hydroxylation sites is 2. The summed E-state index contributed by atoms with van der Waals surface area (Å²) in [5, 5.41) is 11.3. The Hall–Kier alpha value is -1.72. The van der Waals surface area contributed by atoms with E-state index in [0.717, 1.165) is 0 Å². The van der Waals surface area contributed by atoms with E-state index < -0.39 is 12.6 Å². The van der Waals surface area contributed by atoms with Crippen molar-refractivity contribution in [3.05, 3.63) is 67.6 Å². The summed E-state index contributed by atoms with van der Waals surface area (Å²) >= 11 is 0. The normalized spacial score (nSPS) is 8.42. The maximum Gasteiger partial charge on any atom is 0.341 e. The van der Waals surface area contributed by atoms with Gasteiger partial charge >= 0.3 is 5.97 Å². The largest absolute Gasteiger partial charge is 0.480 e. The molecule has 0 heterocycles. The van der Waals surface area contributed by atoms with Gasteiger partial charge in [-0.2, -0.15) is 0 Å². The van der Waals surface area contributed by atoms with E-state index in [1.165, 1.54) is 0 Å². The van der Waals surface area contributed by atoms with E-state index in [4.69, 9.17) is 9.84 Å². The Balaban J connectivity index is 0. The molecular formula is C18H22NO4Y-. The summed E-state index contributed by atoms with van der Waals surface area (Å²) in [7, 11) is 0. The first-order valence-corrected chi connectivity index (χ1v) is 6.97. The van der Waals surface area contributed by atoms with Crippen LogP contribution in [0.5, 0.6) is 5.75 Å². The number of nitrogens with one attached hydrogen (secondary N) is 1. The summed E-state index contributed by atoms with van der Waals surface area (Å²) in [6, 6.07) is 15.4. The van der Waals surface area contributed by atoms with Crippen LogP contribution in [-0.2, 0) is 37.5 Å². The number of ether oxygens (including phenoxy) is 1. The van der Waals surface area contributed by atoms with Gasteiger partial charge in [-0.1, -0.05) is 44.2 Å². The van der Waals surface area contributed by atoms with Crippen molar-refractivity contribution >= 4 is 17.6 Å². The zero-order valence-corrected chi connectivity index (χ0v) is 17.0. The smallest absolute Gasteiger partial charge is 0.341 e. The van der Waals surface area contributed by atoms with E-state index in [-0.39, 0.29) is 46.0 Å². The van der Waals surface area contributed by atoms with Crippen LogP contribution in [0.3, 0.4) is 0 Å². The van der Waals surface area contributed by atoms with Crippen LogP contribution in [0.25, 0.3) is 0 Å². The van der Waals surface area contributed by atoms with E-state index in [0.29, 0.717) is 17.0 Å². The van der Waals surface area contributed by atoms with Crippen molar-refractivity contribution in [1.29, 1.82) is 0 Å². The van der Waals surface area contributed by atoms with E-state index >= 15 is 0 Å². The number of aliphatic carboxylic acids is 1. The Morgan fingerprint density at radius 1 is 1.00 bits per heavy atom. The first kappa shape index (κ1) is 24.5. The van der Waals surface area contributed by atoms with Gasteiger partial charge in [0.2, 0.25) is 0 Å². The fraction of sp³-hybridized carbons (Fsp3) is 0.167. The zero-order chi connectivity index (χ0) is 16.4. The Morgan fingerprint density at radius 3 is 2.12 bits per heavy atom. The van der Waals surface area contributed by atoms with Crippen molar-refractivity contribution in [3.63, 3.8) is 0 Å². The molecule has 0 aliphatic heterocycles. The van der Waals surface area contributed by atoms with Crippen LogP contribution in [0.2, 0.25) is 0 Å². The number of carboxylic acids is 1. The number of hydrogen-bond acceptors (Lipinski definition) is 3. The topological polar surface area (TPSA) is 75.6 Å². The van der Waals surface area contributed by atoms with Crippen LogP contribution in [0.1, 0.15) is 24.2 Å². The Morgan fingerprint density at radius 2 is 1.54 bits per heavy atom. The average molecular weight is 405 g/mol. The van der Waals surface area contributed by atoms with Crippen molar-refractivity contribution in [1.82, 2.24) is 0 Å². The van der Waals surface area contributed by atoms with Gasteiger partial charge in [0.25, 0.3) is 5.91 Å². The molecule has 0 saturated carbocycles. The summed E-state index contributed by atoms with van der Waals surface area (Å²) in [5.74, 6) is -1.04. The molecule has 0 fully saturated rings. The third-order valence-electron chi connectivity index (χ3n) is 2.52. The molecule has 0 saturated heterocycles. The molecule has 1 radical (unpaired) electrons. The standard InChI is InChI=1S/C15H13NO4.C2H6.CH3.Y/c17-14(18)10-20-13-9-5-4-8-12(13)16-15(19)11-6-2-1-3-7-11;1-2;;/h1-9H,10H2,(H,16,19)(H,17,18);1-2H3;1H3;/q;;-1;. The van der Waals surface area contributed by atoms with E-state index in [2.05, 4.69) is 5.32 Å². The van der Waals surface area contributed by atoms with Gasteiger partial charge in [0.05, 0.1) is 5.69 Å². The molecule has 2 aromatic carbocycles. The fourth-order valence-corrected chi connectivity index (χ4v) is 1.62. The molecule has 2 aromatic rings. The van der Waals surface area contributed by atoms with Gasteiger partial charge in [-0.3, -0.25) is 4.79 Å². The van der Waals surface area contributed by atoms with Crippen molar-refractivity contribution in [2.45, 2.75) is 13.8 Å². The molecule has 0 unspecified atom stereocenters. The molecule has 0 aliphatic carbocycles. The molecule has 2 rings (SSSR count). The quantitative estimate of drug-likeness (QED) is 0.741. The Kier molecular flexibility index (Phi) is 14.0.